The van der Waals surface area contributed by atoms with Gasteiger partial charge in [-0.25, -0.2) is 8.42 Å². The number of nitrogens with one attached hydrogen (secondary N) is 1. The number of anilines is 1. The Hall–Kier alpha value is -2.83. The van der Waals surface area contributed by atoms with Gasteiger partial charge in [0.15, 0.2) is 0 Å². The van der Waals surface area contributed by atoms with E-state index in [9.17, 15) is 13.2 Å². The molecule has 1 N–H and O–H groups in total. The van der Waals surface area contributed by atoms with E-state index in [4.69, 9.17) is 11.6 Å². The average Bonchev–Trinajstić information content (AvgIpc) is 2.79. The lowest BCUT2D eigenvalue weighted by Crippen LogP contribution is -2.41. The molecule has 0 bridgehead atoms. The van der Waals surface area contributed by atoms with Crippen LogP contribution in [0.2, 0.25) is 5.02 Å². The van der Waals surface area contributed by atoms with Crippen LogP contribution in [0.1, 0.15) is 36.6 Å². The Morgan fingerprint density at radius 3 is 2.31 bits per heavy atom. The summed E-state index contributed by atoms with van der Waals surface area (Å²) in [6.07, 6.45) is 0.937. The highest BCUT2D eigenvalue weighted by molar-refractivity contribution is 7.92. The zero-order chi connectivity index (χ0) is 23.3. The van der Waals surface area contributed by atoms with Crippen LogP contribution in [0.15, 0.2) is 77.7 Å². The SMILES string of the molecule is CCc1ccc([C@@H](C)NC(=O)CN(c2cc(Cl)ccc2C)S(=O)(=O)c2ccccc2)cc1. The van der Waals surface area contributed by atoms with E-state index in [1.54, 1.807) is 43.3 Å². The van der Waals surface area contributed by atoms with Gasteiger partial charge in [-0.15, -0.1) is 0 Å². The molecule has 3 aromatic carbocycles. The van der Waals surface area contributed by atoms with E-state index >= 15 is 0 Å². The number of amides is 1. The van der Waals surface area contributed by atoms with Gasteiger partial charge in [0.2, 0.25) is 5.91 Å². The minimum Gasteiger partial charge on any atom is -0.348 e. The molecule has 0 radical (unpaired) electrons. The number of sulfonamides is 1. The molecule has 1 amide bonds. The van der Waals surface area contributed by atoms with E-state index in [1.165, 1.54) is 17.7 Å². The van der Waals surface area contributed by atoms with Crippen molar-refractivity contribution in [3.8, 4) is 0 Å². The Kier molecular flexibility index (Phi) is 7.59. The van der Waals surface area contributed by atoms with E-state index in [2.05, 4.69) is 12.2 Å². The van der Waals surface area contributed by atoms with Gasteiger partial charge < -0.3 is 5.32 Å². The summed E-state index contributed by atoms with van der Waals surface area (Å²) < 4.78 is 28.0. The highest BCUT2D eigenvalue weighted by Crippen LogP contribution is 2.29. The molecule has 7 heteroatoms. The van der Waals surface area contributed by atoms with Crippen molar-refractivity contribution in [2.45, 2.75) is 38.1 Å². The van der Waals surface area contributed by atoms with Gasteiger partial charge in [-0.3, -0.25) is 9.10 Å². The van der Waals surface area contributed by atoms with Crippen LogP contribution in [0.5, 0.6) is 0 Å². The third kappa shape index (κ3) is 5.50. The fraction of sp³-hybridized carbons (Fsp3) is 0.240. The highest BCUT2D eigenvalue weighted by atomic mass is 35.5. The maximum Gasteiger partial charge on any atom is 0.264 e. The lowest BCUT2D eigenvalue weighted by molar-refractivity contribution is -0.120. The van der Waals surface area contributed by atoms with Crippen molar-refractivity contribution in [3.63, 3.8) is 0 Å². The van der Waals surface area contributed by atoms with E-state index in [-0.39, 0.29) is 17.5 Å². The summed E-state index contributed by atoms with van der Waals surface area (Å²) >= 11 is 6.16. The zero-order valence-corrected chi connectivity index (χ0v) is 20.0. The molecule has 0 saturated carbocycles. The predicted molar refractivity (Wildman–Crippen MR) is 130 cm³/mol. The Labute approximate surface area is 195 Å². The minimum absolute atomic E-state index is 0.107. The van der Waals surface area contributed by atoms with Crippen LogP contribution < -0.4 is 9.62 Å². The first-order valence-electron chi connectivity index (χ1n) is 10.4. The Bertz CT molecular complexity index is 1180. The molecule has 168 valence electrons. The van der Waals surface area contributed by atoms with Crippen molar-refractivity contribution in [3.05, 3.63) is 94.5 Å². The van der Waals surface area contributed by atoms with Crippen LogP contribution in [0, 0.1) is 6.92 Å². The van der Waals surface area contributed by atoms with Crippen molar-refractivity contribution >= 4 is 33.2 Å². The average molecular weight is 471 g/mol. The first-order valence-corrected chi connectivity index (χ1v) is 12.3. The van der Waals surface area contributed by atoms with Crippen molar-refractivity contribution in [2.24, 2.45) is 0 Å². The van der Waals surface area contributed by atoms with Crippen LogP contribution in [0.25, 0.3) is 0 Å². The van der Waals surface area contributed by atoms with Gasteiger partial charge in [0.25, 0.3) is 10.0 Å². The Morgan fingerprint density at radius 1 is 1.03 bits per heavy atom. The number of hydrogen-bond acceptors (Lipinski definition) is 3. The van der Waals surface area contributed by atoms with E-state index in [0.717, 1.165) is 16.3 Å². The molecule has 5 nitrogen and oxygen atoms in total. The van der Waals surface area contributed by atoms with Crippen molar-refractivity contribution in [1.29, 1.82) is 0 Å². The fourth-order valence-electron chi connectivity index (χ4n) is 3.41. The normalized spacial score (nSPS) is 12.2. The second kappa shape index (κ2) is 10.2. The molecule has 0 aromatic heterocycles. The first kappa shape index (κ1) is 23.8. The molecule has 0 aliphatic heterocycles. The largest absolute Gasteiger partial charge is 0.348 e. The Balaban J connectivity index is 1.90. The molecule has 3 aromatic rings. The molecular weight excluding hydrogens is 444 g/mol. The van der Waals surface area contributed by atoms with Gasteiger partial charge in [0, 0.05) is 5.02 Å². The number of rotatable bonds is 8. The van der Waals surface area contributed by atoms with Crippen LogP contribution in [-0.2, 0) is 21.2 Å². The lowest BCUT2D eigenvalue weighted by Gasteiger charge is -2.26. The molecule has 32 heavy (non-hydrogen) atoms. The number of aryl methyl sites for hydroxylation is 2. The molecule has 0 aliphatic carbocycles. The third-order valence-corrected chi connectivity index (χ3v) is 7.33. The zero-order valence-electron chi connectivity index (χ0n) is 18.4. The van der Waals surface area contributed by atoms with Crippen LogP contribution >= 0.6 is 11.6 Å². The molecule has 1 atom stereocenters. The van der Waals surface area contributed by atoms with Crippen LogP contribution in [0.3, 0.4) is 0 Å². The number of nitrogens with zero attached hydrogens (tertiary/aromatic N) is 1. The molecular formula is C25H27ClN2O3S. The summed E-state index contributed by atoms with van der Waals surface area (Å²) in [6.45, 7) is 5.38. The minimum atomic E-state index is -3.98. The molecule has 0 heterocycles. The van der Waals surface area contributed by atoms with Gasteiger partial charge in [-0.1, -0.05) is 67.1 Å². The first-order chi connectivity index (χ1) is 15.2. The predicted octanol–water partition coefficient (Wildman–Crippen LogP) is 5.28. The van der Waals surface area contributed by atoms with Gasteiger partial charge in [-0.2, -0.15) is 0 Å². The summed E-state index contributed by atoms with van der Waals surface area (Å²) in [6, 6.07) is 20.8. The molecule has 3 rings (SSSR count). The van der Waals surface area contributed by atoms with Gasteiger partial charge in [0.05, 0.1) is 16.6 Å². The summed E-state index contributed by atoms with van der Waals surface area (Å²) in [4.78, 5) is 13.1. The fourth-order valence-corrected chi connectivity index (χ4v) is 5.08. The van der Waals surface area contributed by atoms with Gasteiger partial charge >= 0.3 is 0 Å². The van der Waals surface area contributed by atoms with E-state index in [0.29, 0.717) is 16.3 Å². The van der Waals surface area contributed by atoms with Crippen LogP contribution in [0.4, 0.5) is 5.69 Å². The smallest absolute Gasteiger partial charge is 0.264 e. The number of carbonyl (C=O) groups is 1. The summed E-state index contributed by atoms with van der Waals surface area (Å²) in [7, 11) is -3.98. The maximum absolute atomic E-state index is 13.5. The molecule has 0 aliphatic rings. The number of hydrogen-bond donors (Lipinski definition) is 1. The maximum atomic E-state index is 13.5. The van der Waals surface area contributed by atoms with Crippen LogP contribution in [-0.4, -0.2) is 20.9 Å². The monoisotopic (exact) mass is 470 g/mol. The number of benzene rings is 3. The van der Waals surface area contributed by atoms with Crippen molar-refractivity contribution in [2.75, 3.05) is 10.8 Å². The van der Waals surface area contributed by atoms with Crippen molar-refractivity contribution < 1.29 is 13.2 Å². The second-order valence-electron chi connectivity index (χ2n) is 7.64. The lowest BCUT2D eigenvalue weighted by atomic mass is 10.1. The standard InChI is InChI=1S/C25H27ClN2O3S/c1-4-20-11-13-21(14-12-20)19(3)27-25(29)17-28(24-16-22(26)15-10-18(24)2)32(30,31)23-8-6-5-7-9-23/h5-16,19H,4,17H2,1-3H3,(H,27,29)/t19-/m1/s1. The van der Waals surface area contributed by atoms with E-state index < -0.39 is 15.9 Å². The number of halogens is 1. The summed E-state index contributed by atoms with van der Waals surface area (Å²) in [5, 5.41) is 3.31. The third-order valence-electron chi connectivity index (χ3n) is 5.32. The Morgan fingerprint density at radius 2 is 1.69 bits per heavy atom. The van der Waals surface area contributed by atoms with Gasteiger partial charge in [-0.05, 0) is 61.2 Å². The number of carbonyl (C=O) groups excluding carboxylic acids is 1. The summed E-state index contributed by atoms with van der Waals surface area (Å²) in [5.74, 6) is -0.407. The van der Waals surface area contributed by atoms with E-state index in [1.807, 2.05) is 31.2 Å². The molecule has 0 unspecified atom stereocenters. The molecule has 0 spiro atoms. The highest BCUT2D eigenvalue weighted by Gasteiger charge is 2.28. The second-order valence-corrected chi connectivity index (χ2v) is 9.94. The quantitative estimate of drug-likeness (QED) is 0.486. The molecule has 0 saturated heterocycles. The van der Waals surface area contributed by atoms with Gasteiger partial charge in [0.1, 0.15) is 6.54 Å². The topological polar surface area (TPSA) is 66.5 Å². The molecule has 0 fully saturated rings. The summed E-state index contributed by atoms with van der Waals surface area (Å²) in [5.41, 5.74) is 3.23. The van der Waals surface area contributed by atoms with Crippen molar-refractivity contribution in [1.82, 2.24) is 5.32 Å².